The Bertz CT molecular complexity index is 930. The lowest BCUT2D eigenvalue weighted by molar-refractivity contribution is -0.246. The molecule has 3 rings (SSSR count). The van der Waals surface area contributed by atoms with Crippen LogP contribution in [0.2, 0.25) is 0 Å². The predicted molar refractivity (Wildman–Crippen MR) is 90.9 cm³/mol. The van der Waals surface area contributed by atoms with Gasteiger partial charge in [-0.2, -0.15) is 18.3 Å². The van der Waals surface area contributed by atoms with Gasteiger partial charge >= 0.3 is 6.18 Å². The van der Waals surface area contributed by atoms with Gasteiger partial charge in [-0.25, -0.2) is 9.07 Å². The van der Waals surface area contributed by atoms with Crippen LogP contribution in [0.5, 0.6) is 0 Å². The lowest BCUT2D eigenvalue weighted by atomic mass is 10.1. The van der Waals surface area contributed by atoms with Gasteiger partial charge in [0.2, 0.25) is 0 Å². The van der Waals surface area contributed by atoms with Crippen molar-refractivity contribution in [2.45, 2.75) is 25.6 Å². The fourth-order valence-electron chi connectivity index (χ4n) is 2.57. The summed E-state index contributed by atoms with van der Waals surface area (Å²) in [4.78, 5) is 0. The highest BCUT2D eigenvalue weighted by molar-refractivity contribution is 5.93. The van der Waals surface area contributed by atoms with Gasteiger partial charge in [0.25, 0.3) is 0 Å². The molecule has 0 fully saturated rings. The smallest absolute Gasteiger partial charge is 0.381 e. The van der Waals surface area contributed by atoms with Crippen LogP contribution in [0.3, 0.4) is 0 Å². The number of aliphatic hydroxyl groups is 1. The maximum absolute atomic E-state index is 13.1. The molecule has 4 nitrogen and oxygen atoms in total. The Morgan fingerprint density at radius 1 is 1.15 bits per heavy atom. The van der Waals surface area contributed by atoms with Gasteiger partial charge < -0.3 is 10.4 Å². The minimum Gasteiger partial charge on any atom is -0.381 e. The number of hydrogen-bond donors (Lipinski definition) is 2. The average molecular weight is 367 g/mol. The van der Waals surface area contributed by atoms with E-state index in [9.17, 15) is 22.7 Å². The molecule has 138 valence electrons. The molecule has 1 heterocycles. The van der Waals surface area contributed by atoms with Crippen LogP contribution >= 0.6 is 0 Å². The van der Waals surface area contributed by atoms with Crippen LogP contribution in [0, 0.1) is 12.7 Å². The molecule has 2 N–H and O–H groups in total. The number of alkyl halides is 3. The van der Waals surface area contributed by atoms with E-state index in [2.05, 4.69) is 10.4 Å². The first kappa shape index (κ1) is 18.2. The minimum absolute atomic E-state index is 0.377. The summed E-state index contributed by atoms with van der Waals surface area (Å²) in [6.45, 7) is 1.82. The lowest BCUT2D eigenvalue weighted by Crippen LogP contribution is -2.47. The van der Waals surface area contributed by atoms with Crippen molar-refractivity contribution in [1.82, 2.24) is 9.78 Å². The monoisotopic (exact) mass is 367 g/mol. The normalized spacial score (nSPS) is 14.4. The van der Waals surface area contributed by atoms with E-state index in [0.717, 1.165) is 12.5 Å². The van der Waals surface area contributed by atoms with Crippen molar-refractivity contribution in [1.29, 1.82) is 0 Å². The van der Waals surface area contributed by atoms with Gasteiger partial charge in [0.1, 0.15) is 5.82 Å². The highest BCUT2D eigenvalue weighted by atomic mass is 19.4. The third-order valence-electron chi connectivity index (χ3n) is 4.14. The van der Waals surface area contributed by atoms with E-state index in [1.807, 2.05) is 6.07 Å². The summed E-state index contributed by atoms with van der Waals surface area (Å²) >= 11 is 0. The largest absolute Gasteiger partial charge is 0.418 e. The van der Waals surface area contributed by atoms with E-state index in [1.165, 1.54) is 18.3 Å². The second kappa shape index (κ2) is 6.28. The fourth-order valence-corrected chi connectivity index (χ4v) is 2.57. The second-order valence-electron chi connectivity index (χ2n) is 6.40. The summed E-state index contributed by atoms with van der Waals surface area (Å²) in [6.07, 6.45) is -3.23. The fraction of sp³-hybridized carbons (Fsp3) is 0.278. The van der Waals surface area contributed by atoms with Gasteiger partial charge in [0.15, 0.2) is 5.60 Å². The third-order valence-corrected chi connectivity index (χ3v) is 4.14. The van der Waals surface area contributed by atoms with Crippen molar-refractivity contribution in [2.24, 2.45) is 0 Å². The molecule has 8 heteroatoms. The molecular formula is C18H17F4N3O. The number of anilines is 1. The molecule has 3 aromatic rings. The Morgan fingerprint density at radius 2 is 1.81 bits per heavy atom. The molecule has 0 aliphatic carbocycles. The molecule has 0 aliphatic heterocycles. The number of nitrogens with zero attached hydrogens (tertiary/aromatic N) is 2. The lowest BCUT2D eigenvalue weighted by Gasteiger charge is -2.27. The summed E-state index contributed by atoms with van der Waals surface area (Å²) in [5.41, 5.74) is -0.352. The van der Waals surface area contributed by atoms with E-state index >= 15 is 0 Å². The zero-order valence-electron chi connectivity index (χ0n) is 14.1. The molecule has 0 amide bonds. The Hall–Kier alpha value is -2.61. The van der Waals surface area contributed by atoms with Gasteiger partial charge in [-0.05, 0) is 55.8 Å². The van der Waals surface area contributed by atoms with E-state index in [0.29, 0.717) is 22.3 Å². The molecule has 0 spiro atoms. The van der Waals surface area contributed by atoms with Crippen molar-refractivity contribution in [3.63, 3.8) is 0 Å². The molecular weight excluding hydrogens is 350 g/mol. The highest BCUT2D eigenvalue weighted by Crippen LogP contribution is 2.32. The van der Waals surface area contributed by atoms with Crippen LogP contribution in [-0.2, 0) is 0 Å². The first-order valence-corrected chi connectivity index (χ1v) is 7.86. The number of fused-ring (bicyclic) bond motifs is 1. The van der Waals surface area contributed by atoms with Crippen LogP contribution in [0.4, 0.5) is 23.2 Å². The zero-order chi connectivity index (χ0) is 19.1. The van der Waals surface area contributed by atoms with E-state index < -0.39 is 18.3 Å². The van der Waals surface area contributed by atoms with E-state index in [1.54, 1.807) is 29.8 Å². The maximum Gasteiger partial charge on any atom is 0.418 e. The summed E-state index contributed by atoms with van der Waals surface area (Å²) in [7, 11) is 0. The third kappa shape index (κ3) is 3.37. The number of aryl methyl sites for hydroxylation is 1. The van der Waals surface area contributed by atoms with Crippen molar-refractivity contribution >= 4 is 16.6 Å². The van der Waals surface area contributed by atoms with Crippen LogP contribution in [-0.4, -0.2) is 33.2 Å². The molecule has 1 aromatic heterocycles. The standard InChI is InChI=1S/C18H17F4N3O/c1-11-7-15(23-10-17(2,26)18(20,21)22)14-9-24-25(16(14)8-11)13-5-3-12(19)4-6-13/h3-9,23,26H,10H2,1-2H3. The zero-order valence-corrected chi connectivity index (χ0v) is 14.1. The number of rotatable bonds is 4. The van der Waals surface area contributed by atoms with Gasteiger partial charge in [-0.1, -0.05) is 0 Å². The van der Waals surface area contributed by atoms with Crippen molar-refractivity contribution in [3.8, 4) is 5.69 Å². The molecule has 2 aromatic carbocycles. The van der Waals surface area contributed by atoms with Crippen LogP contribution < -0.4 is 5.32 Å². The summed E-state index contributed by atoms with van der Waals surface area (Å²) in [6, 6.07) is 9.25. The second-order valence-corrected chi connectivity index (χ2v) is 6.40. The highest BCUT2D eigenvalue weighted by Gasteiger charge is 2.49. The minimum atomic E-state index is -4.75. The Kier molecular flexibility index (Phi) is 4.39. The topological polar surface area (TPSA) is 50.1 Å². The molecule has 0 saturated heterocycles. The first-order chi connectivity index (χ1) is 12.1. The SMILES string of the molecule is Cc1cc(NCC(C)(O)C(F)(F)F)c2cnn(-c3ccc(F)cc3)c2c1. The van der Waals surface area contributed by atoms with Crippen molar-refractivity contribution < 1.29 is 22.7 Å². The van der Waals surface area contributed by atoms with Crippen LogP contribution in [0.25, 0.3) is 16.6 Å². The number of halogens is 4. The molecule has 0 bridgehead atoms. The number of hydrogen-bond acceptors (Lipinski definition) is 3. The van der Waals surface area contributed by atoms with Gasteiger partial charge in [-0.15, -0.1) is 0 Å². The summed E-state index contributed by atoms with van der Waals surface area (Å²) in [5, 5.41) is 17.1. The van der Waals surface area contributed by atoms with E-state index in [4.69, 9.17) is 0 Å². The van der Waals surface area contributed by atoms with Gasteiger partial charge in [0, 0.05) is 11.1 Å². The molecule has 0 radical (unpaired) electrons. The molecule has 0 aliphatic rings. The molecule has 26 heavy (non-hydrogen) atoms. The predicted octanol–water partition coefficient (Wildman–Crippen LogP) is 4.20. The molecule has 1 unspecified atom stereocenters. The molecule has 1 atom stereocenters. The number of benzene rings is 2. The Morgan fingerprint density at radius 3 is 2.42 bits per heavy atom. The van der Waals surface area contributed by atoms with Gasteiger partial charge in [0.05, 0.1) is 23.9 Å². The Labute approximate surface area is 147 Å². The quantitative estimate of drug-likeness (QED) is 0.680. The first-order valence-electron chi connectivity index (χ1n) is 7.86. The number of nitrogens with one attached hydrogen (secondary N) is 1. The van der Waals surface area contributed by atoms with Crippen LogP contribution in [0.1, 0.15) is 12.5 Å². The van der Waals surface area contributed by atoms with Crippen molar-refractivity contribution in [3.05, 3.63) is 54.0 Å². The van der Waals surface area contributed by atoms with E-state index in [-0.39, 0.29) is 5.82 Å². The van der Waals surface area contributed by atoms with Gasteiger partial charge in [-0.3, -0.25) is 0 Å². The van der Waals surface area contributed by atoms with Crippen LogP contribution in [0.15, 0.2) is 42.6 Å². The summed E-state index contributed by atoms with van der Waals surface area (Å²) in [5.74, 6) is -0.377. The van der Waals surface area contributed by atoms with Crippen molar-refractivity contribution in [2.75, 3.05) is 11.9 Å². The average Bonchev–Trinajstić information content (AvgIpc) is 2.96. The summed E-state index contributed by atoms with van der Waals surface area (Å²) < 4.78 is 53.3. The number of aromatic nitrogens is 2. The molecule has 0 saturated carbocycles. The Balaban J connectivity index is 1.99. The maximum atomic E-state index is 13.1.